The first-order chi connectivity index (χ1) is 12.2. The van der Waals surface area contributed by atoms with Gasteiger partial charge in [0.25, 0.3) is 0 Å². The Labute approximate surface area is 176 Å². The number of aliphatic imine (C=N–C) groups is 1. The van der Waals surface area contributed by atoms with Crippen LogP contribution < -0.4 is 14.8 Å². The number of guanidine groups is 1. The van der Waals surface area contributed by atoms with E-state index in [4.69, 9.17) is 9.47 Å². The van der Waals surface area contributed by atoms with Gasteiger partial charge in [0.05, 0.1) is 14.2 Å². The molecule has 7 heteroatoms. The molecule has 0 amide bonds. The number of fused-ring (bicyclic) bond motifs is 1. The van der Waals surface area contributed by atoms with Crippen LogP contribution in [0.15, 0.2) is 34.6 Å². The SMILES string of the molecule is CN=C(NCCc1cccs1)N1CCc2cc(OC)c(OC)cc2C1.I. The van der Waals surface area contributed by atoms with Gasteiger partial charge in [-0.25, -0.2) is 0 Å². The average Bonchev–Trinajstić information content (AvgIpc) is 3.17. The molecule has 1 aromatic carbocycles. The first-order valence-corrected chi connectivity index (χ1v) is 9.35. The van der Waals surface area contributed by atoms with E-state index < -0.39 is 0 Å². The Morgan fingerprint density at radius 3 is 2.58 bits per heavy atom. The van der Waals surface area contributed by atoms with E-state index in [2.05, 4.69) is 44.9 Å². The predicted octanol–water partition coefficient (Wildman–Crippen LogP) is 3.56. The van der Waals surface area contributed by atoms with Crippen molar-refractivity contribution in [1.82, 2.24) is 10.2 Å². The van der Waals surface area contributed by atoms with Gasteiger partial charge in [0, 0.05) is 31.6 Å². The highest BCUT2D eigenvalue weighted by molar-refractivity contribution is 14.0. The summed E-state index contributed by atoms with van der Waals surface area (Å²) in [5.74, 6) is 2.54. The molecule has 0 spiro atoms. The summed E-state index contributed by atoms with van der Waals surface area (Å²) >= 11 is 1.80. The minimum absolute atomic E-state index is 0. The number of rotatable bonds is 5. The third-order valence-electron chi connectivity index (χ3n) is 4.46. The van der Waals surface area contributed by atoms with Crippen molar-refractivity contribution in [1.29, 1.82) is 0 Å². The Hall–Kier alpha value is -1.48. The topological polar surface area (TPSA) is 46.1 Å². The van der Waals surface area contributed by atoms with Gasteiger partial charge in [0.1, 0.15) is 0 Å². The molecule has 1 N–H and O–H groups in total. The van der Waals surface area contributed by atoms with E-state index in [1.165, 1.54) is 16.0 Å². The van der Waals surface area contributed by atoms with E-state index in [1.54, 1.807) is 25.6 Å². The Kier molecular flexibility index (Phi) is 8.02. The minimum atomic E-state index is 0. The van der Waals surface area contributed by atoms with Crippen LogP contribution in [0.4, 0.5) is 0 Å². The van der Waals surface area contributed by atoms with Crippen molar-refractivity contribution in [3.05, 3.63) is 45.6 Å². The van der Waals surface area contributed by atoms with Crippen LogP contribution in [-0.2, 0) is 19.4 Å². The van der Waals surface area contributed by atoms with E-state index in [1.807, 2.05) is 7.05 Å². The standard InChI is InChI=1S/C19H25N3O2S.HI/c1-20-19(21-8-6-16-5-4-10-25-16)22-9-7-14-11-17(23-2)18(24-3)12-15(14)13-22;/h4-5,10-12H,6-9,13H2,1-3H3,(H,20,21);1H. The summed E-state index contributed by atoms with van der Waals surface area (Å²) in [7, 11) is 5.20. The fraction of sp³-hybridized carbons (Fsp3) is 0.421. The van der Waals surface area contributed by atoms with Gasteiger partial charge in [-0.05, 0) is 47.5 Å². The molecule has 0 fully saturated rings. The lowest BCUT2D eigenvalue weighted by Gasteiger charge is -2.32. The van der Waals surface area contributed by atoms with Crippen molar-refractivity contribution in [2.45, 2.75) is 19.4 Å². The zero-order chi connectivity index (χ0) is 17.6. The molecule has 1 aliphatic rings. The molecule has 2 heterocycles. The molecule has 0 saturated carbocycles. The fourth-order valence-corrected chi connectivity index (χ4v) is 3.86. The maximum absolute atomic E-state index is 5.44. The van der Waals surface area contributed by atoms with Crippen molar-refractivity contribution in [3.63, 3.8) is 0 Å². The quantitative estimate of drug-likeness (QED) is 0.398. The number of thiophene rings is 1. The maximum atomic E-state index is 5.44. The Morgan fingerprint density at radius 1 is 1.23 bits per heavy atom. The van der Waals surface area contributed by atoms with Gasteiger partial charge in [-0.15, -0.1) is 35.3 Å². The minimum Gasteiger partial charge on any atom is -0.493 e. The van der Waals surface area contributed by atoms with Gasteiger partial charge in [-0.2, -0.15) is 0 Å². The van der Waals surface area contributed by atoms with Crippen molar-refractivity contribution in [3.8, 4) is 11.5 Å². The molecule has 2 aromatic rings. The van der Waals surface area contributed by atoms with E-state index in [-0.39, 0.29) is 24.0 Å². The number of ether oxygens (including phenoxy) is 2. The summed E-state index contributed by atoms with van der Waals surface area (Å²) in [6, 6.07) is 8.45. The second-order valence-corrected chi connectivity index (χ2v) is 6.98. The first-order valence-electron chi connectivity index (χ1n) is 8.47. The number of nitrogens with one attached hydrogen (secondary N) is 1. The van der Waals surface area contributed by atoms with Crippen LogP contribution in [0, 0.1) is 0 Å². The summed E-state index contributed by atoms with van der Waals surface area (Å²) in [4.78, 5) is 8.15. The molecule has 142 valence electrons. The second-order valence-electron chi connectivity index (χ2n) is 5.95. The molecule has 0 radical (unpaired) electrons. The number of halogens is 1. The molecule has 0 saturated heterocycles. The van der Waals surface area contributed by atoms with Gasteiger partial charge in [0.2, 0.25) is 0 Å². The molecule has 26 heavy (non-hydrogen) atoms. The fourth-order valence-electron chi connectivity index (χ4n) is 3.15. The molecule has 1 aliphatic heterocycles. The van der Waals surface area contributed by atoms with Gasteiger partial charge in [-0.3, -0.25) is 4.99 Å². The van der Waals surface area contributed by atoms with Crippen LogP contribution >= 0.6 is 35.3 Å². The van der Waals surface area contributed by atoms with Crippen LogP contribution in [0.3, 0.4) is 0 Å². The highest BCUT2D eigenvalue weighted by Crippen LogP contribution is 2.33. The number of nitrogens with zero attached hydrogens (tertiary/aromatic N) is 2. The molecule has 0 bridgehead atoms. The predicted molar refractivity (Wildman–Crippen MR) is 118 cm³/mol. The number of benzene rings is 1. The van der Waals surface area contributed by atoms with Crippen LogP contribution in [0.1, 0.15) is 16.0 Å². The molecule has 0 aliphatic carbocycles. The Balaban J connectivity index is 0.00000243. The zero-order valence-electron chi connectivity index (χ0n) is 15.4. The van der Waals surface area contributed by atoms with Crippen molar-refractivity contribution in [2.75, 3.05) is 34.4 Å². The lowest BCUT2D eigenvalue weighted by atomic mass is 9.99. The third kappa shape index (κ3) is 4.82. The summed E-state index contributed by atoms with van der Waals surface area (Å²) in [5, 5.41) is 5.60. The average molecular weight is 487 g/mol. The Morgan fingerprint density at radius 2 is 1.96 bits per heavy atom. The molecule has 0 unspecified atom stereocenters. The zero-order valence-corrected chi connectivity index (χ0v) is 18.6. The summed E-state index contributed by atoms with van der Waals surface area (Å²) < 4.78 is 10.9. The Bertz CT molecular complexity index is 735. The molecule has 5 nitrogen and oxygen atoms in total. The van der Waals surface area contributed by atoms with E-state index in [9.17, 15) is 0 Å². The molecule has 3 rings (SSSR count). The molecular weight excluding hydrogens is 461 g/mol. The lowest BCUT2D eigenvalue weighted by Crippen LogP contribution is -2.44. The van der Waals surface area contributed by atoms with Gasteiger partial charge < -0.3 is 19.7 Å². The molecule has 1 aromatic heterocycles. The highest BCUT2D eigenvalue weighted by Gasteiger charge is 2.21. The lowest BCUT2D eigenvalue weighted by molar-refractivity contribution is 0.346. The van der Waals surface area contributed by atoms with Crippen molar-refractivity contribution < 1.29 is 9.47 Å². The van der Waals surface area contributed by atoms with Crippen molar-refractivity contribution in [2.24, 2.45) is 4.99 Å². The van der Waals surface area contributed by atoms with Gasteiger partial charge in [0.15, 0.2) is 17.5 Å². The van der Waals surface area contributed by atoms with Crippen LogP contribution in [0.25, 0.3) is 0 Å². The normalized spacial score (nSPS) is 13.7. The van der Waals surface area contributed by atoms with E-state index in [0.29, 0.717) is 0 Å². The van der Waals surface area contributed by atoms with Crippen LogP contribution in [-0.4, -0.2) is 45.2 Å². The van der Waals surface area contributed by atoms with Gasteiger partial charge in [-0.1, -0.05) is 6.07 Å². The van der Waals surface area contributed by atoms with Crippen LogP contribution in [0.2, 0.25) is 0 Å². The number of hydrogen-bond donors (Lipinski definition) is 1. The highest BCUT2D eigenvalue weighted by atomic mass is 127. The van der Waals surface area contributed by atoms with Crippen LogP contribution in [0.5, 0.6) is 11.5 Å². The van der Waals surface area contributed by atoms with E-state index >= 15 is 0 Å². The molecule has 0 atom stereocenters. The van der Waals surface area contributed by atoms with E-state index in [0.717, 1.165) is 49.9 Å². The smallest absolute Gasteiger partial charge is 0.193 e. The second kappa shape index (κ2) is 10.0. The maximum Gasteiger partial charge on any atom is 0.193 e. The monoisotopic (exact) mass is 487 g/mol. The first kappa shape index (κ1) is 20.8. The summed E-state index contributed by atoms with van der Waals surface area (Å²) in [6.45, 7) is 2.66. The largest absolute Gasteiger partial charge is 0.493 e. The third-order valence-corrected chi connectivity index (χ3v) is 5.40. The number of hydrogen-bond acceptors (Lipinski definition) is 4. The number of methoxy groups -OCH3 is 2. The summed E-state index contributed by atoms with van der Waals surface area (Å²) in [6.07, 6.45) is 1.99. The molecular formula is C19H26IN3O2S. The van der Waals surface area contributed by atoms with Gasteiger partial charge >= 0.3 is 0 Å². The van der Waals surface area contributed by atoms with Crippen molar-refractivity contribution >= 4 is 41.3 Å². The summed E-state index contributed by atoms with van der Waals surface area (Å²) in [5.41, 5.74) is 2.59.